The van der Waals surface area contributed by atoms with Crippen molar-refractivity contribution in [1.82, 2.24) is 10.2 Å². The van der Waals surface area contributed by atoms with Crippen LogP contribution in [-0.4, -0.2) is 37.5 Å². The predicted octanol–water partition coefficient (Wildman–Crippen LogP) is 1.44. The Morgan fingerprint density at radius 3 is 2.65 bits per heavy atom. The maximum atomic E-state index is 9.18. The van der Waals surface area contributed by atoms with Crippen LogP contribution in [0.25, 0.3) is 0 Å². The molecule has 1 heterocycles. The highest BCUT2D eigenvalue weighted by Crippen LogP contribution is 2.20. The van der Waals surface area contributed by atoms with Crippen molar-refractivity contribution < 1.29 is 4.74 Å². The maximum absolute atomic E-state index is 9.18. The summed E-state index contributed by atoms with van der Waals surface area (Å²) in [7, 11) is 3.59. The molecule has 0 aliphatic heterocycles. The first-order valence-corrected chi connectivity index (χ1v) is 5.55. The van der Waals surface area contributed by atoms with Crippen LogP contribution in [0.5, 0.6) is 0 Å². The molecule has 0 atom stereocenters. The lowest BCUT2D eigenvalue weighted by molar-refractivity contribution is 0.196. The average molecular weight is 234 g/mol. The summed E-state index contributed by atoms with van der Waals surface area (Å²) < 4.78 is 5.00. The summed E-state index contributed by atoms with van der Waals surface area (Å²) >= 11 is 0. The number of nitrogens with zero attached hydrogens (tertiary/aromatic N) is 4. The van der Waals surface area contributed by atoms with Crippen molar-refractivity contribution in [2.24, 2.45) is 0 Å². The average Bonchev–Trinajstić information content (AvgIpc) is 2.32. The van der Waals surface area contributed by atoms with Crippen molar-refractivity contribution in [3.8, 4) is 6.07 Å². The fourth-order valence-electron chi connectivity index (χ4n) is 1.55. The number of rotatable bonds is 5. The number of hydrogen-bond donors (Lipinski definition) is 0. The largest absolute Gasteiger partial charge is 0.385 e. The summed E-state index contributed by atoms with van der Waals surface area (Å²) in [5.41, 5.74) is 2.31. The molecule has 0 bridgehead atoms. The summed E-state index contributed by atoms with van der Waals surface area (Å²) in [4.78, 5) is 1.94. The molecule has 0 aliphatic carbocycles. The molecule has 92 valence electrons. The predicted molar refractivity (Wildman–Crippen MR) is 66.0 cm³/mol. The molecule has 0 amide bonds. The lowest BCUT2D eigenvalue weighted by atomic mass is 10.1. The summed E-state index contributed by atoms with van der Waals surface area (Å²) in [6, 6.07) is 2.20. The molecule has 0 aliphatic rings. The van der Waals surface area contributed by atoms with Gasteiger partial charge in [0, 0.05) is 27.3 Å². The third-order valence-corrected chi connectivity index (χ3v) is 2.75. The van der Waals surface area contributed by atoms with Crippen molar-refractivity contribution in [3.05, 3.63) is 16.8 Å². The van der Waals surface area contributed by atoms with Crippen LogP contribution in [0, 0.1) is 25.2 Å². The first-order valence-electron chi connectivity index (χ1n) is 5.55. The van der Waals surface area contributed by atoms with Gasteiger partial charge in [-0.3, -0.25) is 0 Å². The Hall–Kier alpha value is -1.67. The van der Waals surface area contributed by atoms with Crippen LogP contribution in [0.2, 0.25) is 0 Å². The van der Waals surface area contributed by atoms with Crippen LogP contribution in [-0.2, 0) is 4.74 Å². The van der Waals surface area contributed by atoms with E-state index in [1.54, 1.807) is 7.11 Å². The first-order chi connectivity index (χ1) is 8.11. The second-order valence-corrected chi connectivity index (χ2v) is 3.99. The Bertz CT molecular complexity index is 425. The van der Waals surface area contributed by atoms with Gasteiger partial charge in [-0.2, -0.15) is 10.4 Å². The topological polar surface area (TPSA) is 62.0 Å². The second kappa shape index (κ2) is 6.16. The van der Waals surface area contributed by atoms with Crippen molar-refractivity contribution in [2.45, 2.75) is 20.3 Å². The number of hydrogen-bond acceptors (Lipinski definition) is 5. The third-order valence-electron chi connectivity index (χ3n) is 2.75. The molecule has 0 fully saturated rings. The smallest absolute Gasteiger partial charge is 0.169 e. The van der Waals surface area contributed by atoms with E-state index in [1.807, 2.05) is 25.8 Å². The van der Waals surface area contributed by atoms with E-state index >= 15 is 0 Å². The molecule has 1 aromatic rings. The van der Waals surface area contributed by atoms with Gasteiger partial charge in [0.05, 0.1) is 5.69 Å². The minimum absolute atomic E-state index is 0.609. The number of ether oxygens (including phenoxy) is 1. The van der Waals surface area contributed by atoms with Gasteiger partial charge in [-0.05, 0) is 25.8 Å². The lowest BCUT2D eigenvalue weighted by Gasteiger charge is -2.19. The van der Waals surface area contributed by atoms with Crippen LogP contribution >= 0.6 is 0 Å². The number of aryl methyl sites for hydroxylation is 1. The lowest BCUT2D eigenvalue weighted by Crippen LogP contribution is -2.23. The second-order valence-electron chi connectivity index (χ2n) is 3.99. The van der Waals surface area contributed by atoms with Crippen LogP contribution < -0.4 is 4.90 Å². The van der Waals surface area contributed by atoms with Crippen molar-refractivity contribution >= 4 is 5.82 Å². The van der Waals surface area contributed by atoms with Crippen molar-refractivity contribution in [2.75, 3.05) is 32.2 Å². The van der Waals surface area contributed by atoms with Gasteiger partial charge < -0.3 is 9.64 Å². The minimum atomic E-state index is 0.609. The molecule has 0 saturated carbocycles. The van der Waals surface area contributed by atoms with Crippen molar-refractivity contribution in [3.63, 3.8) is 0 Å². The van der Waals surface area contributed by atoms with E-state index in [9.17, 15) is 5.26 Å². The Morgan fingerprint density at radius 1 is 1.35 bits per heavy atom. The van der Waals surface area contributed by atoms with Gasteiger partial charge in [-0.1, -0.05) is 0 Å². The van der Waals surface area contributed by atoms with E-state index in [-0.39, 0.29) is 0 Å². The SMILES string of the molecule is COCCCN(C)c1nnc(C)c(C)c1C#N. The summed E-state index contributed by atoms with van der Waals surface area (Å²) in [6.07, 6.45) is 0.895. The number of aromatic nitrogens is 2. The normalized spacial score (nSPS) is 10.1. The fraction of sp³-hybridized carbons (Fsp3) is 0.583. The van der Waals surface area contributed by atoms with E-state index in [0.717, 1.165) is 24.2 Å². The third kappa shape index (κ3) is 3.14. The summed E-state index contributed by atoms with van der Waals surface area (Å²) in [5.74, 6) is 0.645. The quantitative estimate of drug-likeness (QED) is 0.721. The zero-order valence-electron chi connectivity index (χ0n) is 10.8. The van der Waals surface area contributed by atoms with E-state index in [0.29, 0.717) is 18.0 Å². The van der Waals surface area contributed by atoms with Gasteiger partial charge in [0.2, 0.25) is 0 Å². The fourth-order valence-corrected chi connectivity index (χ4v) is 1.55. The molecule has 0 unspecified atom stereocenters. The summed E-state index contributed by atoms with van der Waals surface area (Å²) in [5, 5.41) is 17.3. The molecule has 5 heteroatoms. The zero-order chi connectivity index (χ0) is 12.8. The Balaban J connectivity index is 2.90. The molecule has 0 aromatic carbocycles. The molecule has 1 aromatic heterocycles. The van der Waals surface area contributed by atoms with E-state index in [1.165, 1.54) is 0 Å². The zero-order valence-corrected chi connectivity index (χ0v) is 10.8. The molecule has 17 heavy (non-hydrogen) atoms. The van der Waals surface area contributed by atoms with Gasteiger partial charge in [-0.25, -0.2) is 0 Å². The Labute approximate surface area is 102 Å². The van der Waals surface area contributed by atoms with Crippen LogP contribution in [0.4, 0.5) is 5.82 Å². The molecule has 0 saturated heterocycles. The summed E-state index contributed by atoms with van der Waals surface area (Å²) in [6.45, 7) is 5.25. The Morgan fingerprint density at radius 2 is 2.06 bits per heavy atom. The molecule has 5 nitrogen and oxygen atoms in total. The van der Waals surface area contributed by atoms with E-state index in [2.05, 4.69) is 16.3 Å². The molecule has 0 N–H and O–H groups in total. The Kier molecular flexibility index (Phi) is 4.85. The standard InChI is InChI=1S/C12H18N4O/c1-9-10(2)14-15-12(11(9)8-13)16(3)6-5-7-17-4/h5-7H2,1-4H3. The van der Waals surface area contributed by atoms with E-state index in [4.69, 9.17) is 4.74 Å². The number of methoxy groups -OCH3 is 1. The van der Waals surface area contributed by atoms with Crippen LogP contribution in [0.1, 0.15) is 23.2 Å². The molecular weight excluding hydrogens is 216 g/mol. The van der Waals surface area contributed by atoms with Gasteiger partial charge in [0.25, 0.3) is 0 Å². The molecule has 0 spiro atoms. The molecule has 0 radical (unpaired) electrons. The molecular formula is C12H18N4O. The van der Waals surface area contributed by atoms with Gasteiger partial charge in [0.1, 0.15) is 11.6 Å². The highest BCUT2D eigenvalue weighted by molar-refractivity contribution is 5.56. The highest BCUT2D eigenvalue weighted by Gasteiger charge is 2.13. The van der Waals surface area contributed by atoms with E-state index < -0.39 is 0 Å². The molecule has 1 rings (SSSR count). The van der Waals surface area contributed by atoms with Gasteiger partial charge in [-0.15, -0.1) is 5.10 Å². The van der Waals surface area contributed by atoms with Crippen LogP contribution in [0.15, 0.2) is 0 Å². The van der Waals surface area contributed by atoms with Crippen LogP contribution in [0.3, 0.4) is 0 Å². The number of nitriles is 1. The van der Waals surface area contributed by atoms with Gasteiger partial charge >= 0.3 is 0 Å². The van der Waals surface area contributed by atoms with Gasteiger partial charge in [0.15, 0.2) is 5.82 Å². The minimum Gasteiger partial charge on any atom is -0.385 e. The number of anilines is 1. The highest BCUT2D eigenvalue weighted by atomic mass is 16.5. The first kappa shape index (κ1) is 13.4. The monoisotopic (exact) mass is 234 g/mol. The van der Waals surface area contributed by atoms with Crippen molar-refractivity contribution in [1.29, 1.82) is 5.26 Å². The maximum Gasteiger partial charge on any atom is 0.169 e.